The Hall–Kier alpha value is -2.03. The van der Waals surface area contributed by atoms with Gasteiger partial charge >= 0.3 is 5.97 Å². The minimum atomic E-state index is -0.692. The zero-order valence-electron chi connectivity index (χ0n) is 13.3. The summed E-state index contributed by atoms with van der Waals surface area (Å²) < 4.78 is 8.70. The van der Waals surface area contributed by atoms with Crippen LogP contribution >= 0.6 is 11.7 Å². The lowest BCUT2D eigenvalue weighted by Crippen LogP contribution is -2.46. The number of rotatable bonds is 4. The van der Waals surface area contributed by atoms with Crippen molar-refractivity contribution in [3.05, 3.63) is 0 Å². The van der Waals surface area contributed by atoms with Crippen molar-refractivity contribution in [3.63, 3.8) is 0 Å². The zero-order chi connectivity index (χ0) is 16.4. The number of fused-ring (bicyclic) bond motifs is 2. The van der Waals surface area contributed by atoms with Crippen molar-refractivity contribution in [1.82, 2.24) is 18.7 Å². The first-order valence-corrected chi connectivity index (χ1v) is 9.08. The number of hydrogen-bond donors (Lipinski definition) is 1. The molecule has 0 unspecified atom stereocenters. The summed E-state index contributed by atoms with van der Waals surface area (Å²) in [5, 5.41) is 8.97. The van der Waals surface area contributed by atoms with Gasteiger partial charge in [-0.15, -0.1) is 0 Å². The molecule has 0 bridgehead atoms. The summed E-state index contributed by atoms with van der Waals surface area (Å²) in [6.07, 6.45) is 1.45. The summed E-state index contributed by atoms with van der Waals surface area (Å²) >= 11 is 1.17. The Bertz CT molecular complexity index is 813. The highest BCUT2D eigenvalue weighted by molar-refractivity contribution is 7.00. The Kier molecular flexibility index (Phi) is 2.97. The van der Waals surface area contributed by atoms with Gasteiger partial charge in [0.1, 0.15) is 0 Å². The van der Waals surface area contributed by atoms with Crippen LogP contribution in [0.4, 0.5) is 11.8 Å². The summed E-state index contributed by atoms with van der Waals surface area (Å²) in [5.74, 6) is 2.20. The first-order valence-electron chi connectivity index (χ1n) is 8.35. The van der Waals surface area contributed by atoms with Gasteiger partial charge in [-0.3, -0.25) is 4.79 Å². The number of aliphatic carboxylic acids is 1. The van der Waals surface area contributed by atoms with Crippen LogP contribution in [-0.2, 0) is 4.79 Å². The fourth-order valence-corrected chi connectivity index (χ4v) is 4.65. The van der Waals surface area contributed by atoms with Gasteiger partial charge in [0.2, 0.25) is 11.6 Å². The van der Waals surface area contributed by atoms with Gasteiger partial charge in [-0.05, 0) is 31.1 Å². The molecule has 5 rings (SSSR count). The van der Waals surface area contributed by atoms with E-state index >= 15 is 0 Å². The molecule has 1 N–H and O–H groups in total. The molecule has 4 atom stereocenters. The number of aromatic nitrogens is 4. The van der Waals surface area contributed by atoms with Crippen molar-refractivity contribution in [2.45, 2.75) is 25.8 Å². The summed E-state index contributed by atoms with van der Waals surface area (Å²) in [5.41, 5.74) is 1.44. The molecule has 0 radical (unpaired) electrons. The van der Waals surface area contributed by atoms with Gasteiger partial charge in [-0.1, -0.05) is 0 Å². The molecule has 4 heterocycles. The second-order valence-electron chi connectivity index (χ2n) is 7.11. The molecule has 3 aliphatic rings. The van der Waals surface area contributed by atoms with E-state index < -0.39 is 5.97 Å². The minimum Gasteiger partial charge on any atom is -0.481 e. The van der Waals surface area contributed by atoms with E-state index in [1.807, 2.05) is 0 Å². The Morgan fingerprint density at radius 1 is 1.29 bits per heavy atom. The molecule has 0 spiro atoms. The lowest BCUT2D eigenvalue weighted by molar-refractivity contribution is -0.137. The van der Waals surface area contributed by atoms with E-state index in [9.17, 15) is 4.79 Å². The molecule has 24 heavy (non-hydrogen) atoms. The lowest BCUT2D eigenvalue weighted by atomic mass is 10.1. The molecule has 2 aromatic heterocycles. The molecule has 8 nitrogen and oxygen atoms in total. The molecule has 3 fully saturated rings. The molecule has 0 aromatic carbocycles. The monoisotopic (exact) mass is 346 g/mol. The topological polar surface area (TPSA) is 95.3 Å². The number of carbonyl (C=O) groups is 1. The van der Waals surface area contributed by atoms with Crippen molar-refractivity contribution >= 4 is 40.6 Å². The van der Waals surface area contributed by atoms with Crippen LogP contribution in [0.2, 0.25) is 0 Å². The third-order valence-corrected chi connectivity index (χ3v) is 6.27. The van der Waals surface area contributed by atoms with Crippen LogP contribution in [0.1, 0.15) is 19.8 Å². The number of piperidine rings is 1. The highest BCUT2D eigenvalue weighted by Gasteiger charge is 2.56. The molecule has 2 saturated heterocycles. The number of anilines is 2. The van der Waals surface area contributed by atoms with Gasteiger partial charge in [0.25, 0.3) is 0 Å². The smallest absolute Gasteiger partial charge is 0.303 e. The predicted molar refractivity (Wildman–Crippen MR) is 89.4 cm³/mol. The second kappa shape index (κ2) is 4.98. The summed E-state index contributed by atoms with van der Waals surface area (Å²) in [7, 11) is 0. The molecule has 2 aliphatic heterocycles. The van der Waals surface area contributed by atoms with E-state index in [4.69, 9.17) is 10.1 Å². The Morgan fingerprint density at radius 3 is 2.71 bits per heavy atom. The van der Waals surface area contributed by atoms with E-state index in [0.717, 1.165) is 43.3 Å². The first-order chi connectivity index (χ1) is 11.6. The minimum absolute atomic E-state index is 0.289. The predicted octanol–water partition coefficient (Wildman–Crippen LogP) is 1.24. The fraction of sp³-hybridized carbons (Fsp3) is 0.667. The molecule has 9 heteroatoms. The van der Waals surface area contributed by atoms with E-state index in [-0.39, 0.29) is 6.42 Å². The second-order valence-corrected chi connectivity index (χ2v) is 7.64. The lowest BCUT2D eigenvalue weighted by Gasteiger charge is -2.38. The van der Waals surface area contributed by atoms with E-state index in [2.05, 4.69) is 30.5 Å². The first kappa shape index (κ1) is 14.3. The maximum Gasteiger partial charge on any atom is 0.303 e. The standard InChI is InChI=1S/C15H18N6O2S/c1-7-2-3-21(7)15-16-13-12(18-24-19-13)14(17-15)20-5-9-8(4-11(22)23)10(9)6-20/h7-10H,2-6H2,1H3,(H,22,23)/t7-,8-,9-,10+/m0/s1. The average Bonchev–Trinajstić information content (AvgIpc) is 2.97. The average molecular weight is 346 g/mol. The zero-order valence-corrected chi connectivity index (χ0v) is 14.1. The number of carboxylic acid groups (broad SMARTS) is 1. The van der Waals surface area contributed by atoms with Crippen LogP contribution in [0.15, 0.2) is 0 Å². The summed E-state index contributed by atoms with van der Waals surface area (Å²) in [6.45, 7) is 4.88. The molecule has 1 saturated carbocycles. The highest BCUT2D eigenvalue weighted by Crippen LogP contribution is 2.54. The molecular weight excluding hydrogens is 328 g/mol. The van der Waals surface area contributed by atoms with Crippen LogP contribution in [0.5, 0.6) is 0 Å². The third kappa shape index (κ3) is 2.07. The van der Waals surface area contributed by atoms with Crippen LogP contribution in [0.25, 0.3) is 11.2 Å². The summed E-state index contributed by atoms with van der Waals surface area (Å²) in [4.78, 5) is 24.7. The Labute approximate surface area is 142 Å². The van der Waals surface area contributed by atoms with Gasteiger partial charge in [-0.25, -0.2) is 0 Å². The van der Waals surface area contributed by atoms with Crippen molar-refractivity contribution in [1.29, 1.82) is 0 Å². The molecule has 126 valence electrons. The normalized spacial score (nSPS) is 31.2. The summed E-state index contributed by atoms with van der Waals surface area (Å²) in [6, 6.07) is 0.467. The van der Waals surface area contributed by atoms with Crippen molar-refractivity contribution in [2.24, 2.45) is 17.8 Å². The van der Waals surface area contributed by atoms with Crippen molar-refractivity contribution in [3.8, 4) is 0 Å². The van der Waals surface area contributed by atoms with Gasteiger partial charge < -0.3 is 14.9 Å². The van der Waals surface area contributed by atoms with Gasteiger partial charge in [0.15, 0.2) is 11.3 Å². The van der Waals surface area contributed by atoms with Gasteiger partial charge in [0.05, 0.1) is 11.7 Å². The van der Waals surface area contributed by atoms with Crippen molar-refractivity contribution in [2.75, 3.05) is 29.4 Å². The molecular formula is C15H18N6O2S. The van der Waals surface area contributed by atoms with Gasteiger partial charge in [0, 0.05) is 32.1 Å². The van der Waals surface area contributed by atoms with Gasteiger partial charge in [-0.2, -0.15) is 18.7 Å². The molecule has 0 amide bonds. The Balaban J connectivity index is 1.43. The quantitative estimate of drug-likeness (QED) is 0.883. The maximum atomic E-state index is 10.9. The SMILES string of the molecule is C[C@H]1CCN1c1nc(N2C[C@@H]3[C@@H](CC(=O)O)[C@@H]3C2)c2nsnc2n1. The number of nitrogens with zero attached hydrogens (tertiary/aromatic N) is 6. The fourth-order valence-electron chi connectivity index (χ4n) is 4.15. The maximum absolute atomic E-state index is 10.9. The molecule has 1 aliphatic carbocycles. The number of hydrogen-bond acceptors (Lipinski definition) is 8. The number of carboxylic acids is 1. The third-order valence-electron chi connectivity index (χ3n) is 5.75. The molecule has 2 aromatic rings. The highest BCUT2D eigenvalue weighted by atomic mass is 32.1. The van der Waals surface area contributed by atoms with Crippen LogP contribution < -0.4 is 9.80 Å². The van der Waals surface area contributed by atoms with E-state index in [1.165, 1.54) is 11.7 Å². The van der Waals surface area contributed by atoms with Crippen LogP contribution in [-0.4, -0.2) is 55.5 Å². The van der Waals surface area contributed by atoms with E-state index in [1.54, 1.807) is 0 Å². The largest absolute Gasteiger partial charge is 0.481 e. The van der Waals surface area contributed by atoms with Crippen LogP contribution in [0.3, 0.4) is 0 Å². The Morgan fingerprint density at radius 2 is 2.08 bits per heavy atom. The van der Waals surface area contributed by atoms with Crippen molar-refractivity contribution < 1.29 is 9.90 Å². The van der Waals surface area contributed by atoms with Crippen LogP contribution in [0, 0.1) is 17.8 Å². The van der Waals surface area contributed by atoms with E-state index in [0.29, 0.717) is 29.4 Å².